The molecule has 0 unspecified atom stereocenters. The number of halogens is 1. The van der Waals surface area contributed by atoms with E-state index in [2.05, 4.69) is 51.4 Å². The Morgan fingerprint density at radius 3 is 2.59 bits per heavy atom. The summed E-state index contributed by atoms with van der Waals surface area (Å²) in [5.74, 6) is 0.841. The van der Waals surface area contributed by atoms with E-state index in [0.29, 0.717) is 5.33 Å². The van der Waals surface area contributed by atoms with Gasteiger partial charge in [-0.3, -0.25) is 0 Å². The van der Waals surface area contributed by atoms with Gasteiger partial charge >= 0.3 is 0 Å². The zero-order valence-electron chi connectivity index (χ0n) is 9.06. The molecular weight excluding hydrogens is 278 g/mol. The van der Waals surface area contributed by atoms with Crippen LogP contribution in [0.5, 0.6) is 0 Å². The van der Waals surface area contributed by atoms with Crippen LogP contribution in [0.25, 0.3) is 22.0 Å². The minimum absolute atomic E-state index is 0.688. The van der Waals surface area contributed by atoms with Gasteiger partial charge in [-0.05, 0) is 16.8 Å². The molecule has 2 nitrogen and oxygen atoms in total. The zero-order valence-corrected chi connectivity index (χ0v) is 10.6. The Morgan fingerprint density at radius 1 is 1.00 bits per heavy atom. The fraction of sp³-hybridized carbons (Fsp3) is 0.0714. The largest absolute Gasteiger partial charge is 0.360 e. The molecular formula is C14H10BrNO. The van der Waals surface area contributed by atoms with E-state index in [9.17, 15) is 0 Å². The molecule has 0 fully saturated rings. The van der Waals surface area contributed by atoms with Crippen LogP contribution in [-0.4, -0.2) is 5.16 Å². The first kappa shape index (κ1) is 10.5. The summed E-state index contributed by atoms with van der Waals surface area (Å²) in [6.07, 6.45) is 0. The first-order chi connectivity index (χ1) is 8.36. The summed E-state index contributed by atoms with van der Waals surface area (Å²) in [6.45, 7) is 0. The van der Waals surface area contributed by atoms with Crippen molar-refractivity contribution in [1.82, 2.24) is 5.16 Å². The summed E-state index contributed by atoms with van der Waals surface area (Å²) in [6, 6.07) is 16.5. The van der Waals surface area contributed by atoms with Gasteiger partial charge in [0.05, 0.1) is 5.33 Å². The number of hydrogen-bond acceptors (Lipinski definition) is 2. The maximum absolute atomic E-state index is 5.18. The average Bonchev–Trinajstić information content (AvgIpc) is 2.87. The van der Waals surface area contributed by atoms with E-state index in [1.165, 1.54) is 10.8 Å². The smallest absolute Gasteiger partial charge is 0.147 e. The van der Waals surface area contributed by atoms with Crippen molar-refractivity contribution in [2.45, 2.75) is 5.33 Å². The van der Waals surface area contributed by atoms with Gasteiger partial charge < -0.3 is 4.52 Å². The highest BCUT2D eigenvalue weighted by Gasteiger charge is 2.05. The van der Waals surface area contributed by atoms with Crippen molar-refractivity contribution in [2.75, 3.05) is 0 Å². The monoisotopic (exact) mass is 287 g/mol. The highest BCUT2D eigenvalue weighted by Crippen LogP contribution is 2.24. The van der Waals surface area contributed by atoms with Crippen molar-refractivity contribution < 1.29 is 4.52 Å². The van der Waals surface area contributed by atoms with Gasteiger partial charge in [0.1, 0.15) is 11.5 Å². The number of rotatable bonds is 2. The number of hydrogen-bond donors (Lipinski definition) is 0. The second kappa shape index (κ2) is 4.34. The molecule has 0 N–H and O–H groups in total. The molecule has 0 amide bonds. The van der Waals surface area contributed by atoms with Gasteiger partial charge in [-0.2, -0.15) is 0 Å². The molecule has 17 heavy (non-hydrogen) atoms. The van der Waals surface area contributed by atoms with Crippen molar-refractivity contribution in [3.05, 3.63) is 54.3 Å². The summed E-state index contributed by atoms with van der Waals surface area (Å²) >= 11 is 3.35. The SMILES string of the molecule is BrCc1cc(-c2ccc3ccccc3c2)no1. The van der Waals surface area contributed by atoms with Gasteiger partial charge in [-0.1, -0.05) is 57.5 Å². The first-order valence-electron chi connectivity index (χ1n) is 5.37. The van der Waals surface area contributed by atoms with E-state index in [-0.39, 0.29) is 0 Å². The van der Waals surface area contributed by atoms with E-state index >= 15 is 0 Å². The normalized spacial score (nSPS) is 10.9. The fourth-order valence-electron chi connectivity index (χ4n) is 1.86. The Hall–Kier alpha value is -1.61. The lowest BCUT2D eigenvalue weighted by atomic mass is 10.1. The number of benzene rings is 2. The Balaban J connectivity index is 2.11. The summed E-state index contributed by atoms with van der Waals surface area (Å²) in [4.78, 5) is 0. The van der Waals surface area contributed by atoms with E-state index < -0.39 is 0 Å². The second-order valence-corrected chi connectivity index (χ2v) is 4.43. The summed E-state index contributed by atoms with van der Waals surface area (Å²) in [5, 5.41) is 7.20. The molecule has 0 bridgehead atoms. The minimum atomic E-state index is 0.688. The summed E-state index contributed by atoms with van der Waals surface area (Å²) < 4.78 is 5.18. The third-order valence-electron chi connectivity index (χ3n) is 2.74. The number of alkyl halides is 1. The molecule has 0 saturated carbocycles. The molecule has 0 saturated heterocycles. The average molecular weight is 288 g/mol. The van der Waals surface area contributed by atoms with Gasteiger partial charge in [-0.15, -0.1) is 0 Å². The van der Waals surface area contributed by atoms with E-state index in [4.69, 9.17) is 4.52 Å². The quantitative estimate of drug-likeness (QED) is 0.654. The van der Waals surface area contributed by atoms with Crippen LogP contribution >= 0.6 is 15.9 Å². The van der Waals surface area contributed by atoms with Crippen LogP contribution in [0.1, 0.15) is 5.76 Å². The Bertz CT molecular complexity index is 660. The van der Waals surface area contributed by atoms with Crippen LogP contribution < -0.4 is 0 Å². The predicted molar refractivity (Wildman–Crippen MR) is 72.1 cm³/mol. The molecule has 84 valence electrons. The van der Waals surface area contributed by atoms with Crippen LogP contribution in [0.15, 0.2) is 53.1 Å². The van der Waals surface area contributed by atoms with Crippen molar-refractivity contribution in [3.8, 4) is 11.3 Å². The maximum atomic E-state index is 5.18. The van der Waals surface area contributed by atoms with Crippen LogP contribution in [0.4, 0.5) is 0 Å². The molecule has 3 aromatic rings. The van der Waals surface area contributed by atoms with Crippen LogP contribution in [-0.2, 0) is 5.33 Å². The number of nitrogens with zero attached hydrogens (tertiary/aromatic N) is 1. The van der Waals surface area contributed by atoms with Crippen LogP contribution in [0.3, 0.4) is 0 Å². The lowest BCUT2D eigenvalue weighted by Gasteiger charge is -1.99. The van der Waals surface area contributed by atoms with Gasteiger partial charge in [-0.25, -0.2) is 0 Å². The topological polar surface area (TPSA) is 26.0 Å². The molecule has 0 radical (unpaired) electrons. The molecule has 0 aliphatic heterocycles. The standard InChI is InChI=1S/C14H10BrNO/c15-9-13-8-14(16-17-13)12-6-5-10-3-1-2-4-11(10)7-12/h1-8H,9H2. The molecule has 0 aliphatic rings. The van der Waals surface area contributed by atoms with Crippen molar-refractivity contribution in [1.29, 1.82) is 0 Å². The number of aromatic nitrogens is 1. The fourth-order valence-corrected chi connectivity index (χ4v) is 2.12. The van der Waals surface area contributed by atoms with Crippen molar-refractivity contribution in [3.63, 3.8) is 0 Å². The Kier molecular flexibility index (Phi) is 2.69. The van der Waals surface area contributed by atoms with Gasteiger partial charge in [0.15, 0.2) is 0 Å². The molecule has 0 aliphatic carbocycles. The first-order valence-corrected chi connectivity index (χ1v) is 6.50. The van der Waals surface area contributed by atoms with Crippen LogP contribution in [0.2, 0.25) is 0 Å². The van der Waals surface area contributed by atoms with E-state index in [0.717, 1.165) is 17.0 Å². The molecule has 0 atom stereocenters. The van der Waals surface area contributed by atoms with Crippen molar-refractivity contribution >= 4 is 26.7 Å². The third kappa shape index (κ3) is 1.98. The van der Waals surface area contributed by atoms with Crippen molar-refractivity contribution in [2.24, 2.45) is 0 Å². The number of fused-ring (bicyclic) bond motifs is 1. The minimum Gasteiger partial charge on any atom is -0.360 e. The molecule has 1 heterocycles. The Morgan fingerprint density at radius 2 is 1.82 bits per heavy atom. The molecule has 1 aromatic heterocycles. The molecule has 0 spiro atoms. The van der Waals surface area contributed by atoms with Gasteiger partial charge in [0, 0.05) is 11.6 Å². The molecule has 2 aromatic carbocycles. The highest BCUT2D eigenvalue weighted by atomic mass is 79.9. The molecule has 3 heteroatoms. The zero-order chi connectivity index (χ0) is 11.7. The van der Waals surface area contributed by atoms with Gasteiger partial charge in [0.25, 0.3) is 0 Å². The lowest BCUT2D eigenvalue weighted by molar-refractivity contribution is 0.398. The van der Waals surface area contributed by atoms with Gasteiger partial charge in [0.2, 0.25) is 0 Å². The highest BCUT2D eigenvalue weighted by molar-refractivity contribution is 9.08. The maximum Gasteiger partial charge on any atom is 0.147 e. The second-order valence-electron chi connectivity index (χ2n) is 3.87. The van der Waals surface area contributed by atoms with E-state index in [1.807, 2.05) is 18.2 Å². The van der Waals surface area contributed by atoms with Crippen LogP contribution in [0, 0.1) is 0 Å². The summed E-state index contributed by atoms with van der Waals surface area (Å²) in [7, 11) is 0. The molecule has 3 rings (SSSR count). The van der Waals surface area contributed by atoms with E-state index in [1.54, 1.807) is 0 Å². The summed E-state index contributed by atoms with van der Waals surface area (Å²) in [5.41, 5.74) is 1.96. The lowest BCUT2D eigenvalue weighted by Crippen LogP contribution is -1.78. The predicted octanol–water partition coefficient (Wildman–Crippen LogP) is 4.39. The third-order valence-corrected chi connectivity index (χ3v) is 3.29. The Labute approximate surface area is 107 Å².